The van der Waals surface area contributed by atoms with Crippen LogP contribution in [-0.4, -0.2) is 34.9 Å². The third-order valence-electron chi connectivity index (χ3n) is 5.56. The first-order chi connectivity index (χ1) is 11.5. The largest absolute Gasteiger partial charge is 0.508 e. The highest BCUT2D eigenvalue weighted by atomic mass is 79.9. The maximum absolute atomic E-state index is 12.6. The molecule has 2 aromatic carbocycles. The van der Waals surface area contributed by atoms with E-state index in [0.717, 1.165) is 30.5 Å². The van der Waals surface area contributed by atoms with E-state index >= 15 is 0 Å². The number of carbonyl (C=O) groups excluding carboxylic acids is 1. The minimum Gasteiger partial charge on any atom is -0.508 e. The van der Waals surface area contributed by atoms with Gasteiger partial charge in [0.1, 0.15) is 5.75 Å². The highest BCUT2D eigenvalue weighted by molar-refractivity contribution is 8.93. The molecule has 25 heavy (non-hydrogen) atoms. The molecule has 2 atom stereocenters. The lowest BCUT2D eigenvalue weighted by molar-refractivity contribution is 0.0687. The molecule has 0 aromatic heterocycles. The topological polar surface area (TPSA) is 40.5 Å². The van der Waals surface area contributed by atoms with Crippen LogP contribution in [0.3, 0.4) is 0 Å². The minimum atomic E-state index is -0.0615. The summed E-state index contributed by atoms with van der Waals surface area (Å²) in [7, 11) is 0. The summed E-state index contributed by atoms with van der Waals surface area (Å²) in [6.07, 6.45) is 2.12. The lowest BCUT2D eigenvalue weighted by Crippen LogP contribution is -2.53. The molecule has 3 rings (SSSR count). The van der Waals surface area contributed by atoms with E-state index in [-0.39, 0.29) is 34.2 Å². The SMILES string of the molecule is Br.CC1N(CC(=O)c2ccccc2)CCCC1(C)c1cccc(O)c1. The van der Waals surface area contributed by atoms with Crippen molar-refractivity contribution in [2.24, 2.45) is 0 Å². The second kappa shape index (κ2) is 8.15. The molecule has 1 aliphatic rings. The Balaban J connectivity index is 0.00000225. The molecule has 0 radical (unpaired) electrons. The van der Waals surface area contributed by atoms with Crippen LogP contribution in [0.4, 0.5) is 0 Å². The van der Waals surface area contributed by atoms with Crippen LogP contribution in [0.25, 0.3) is 0 Å². The zero-order valence-electron chi connectivity index (χ0n) is 14.8. The number of hydrogen-bond donors (Lipinski definition) is 1. The van der Waals surface area contributed by atoms with Crippen molar-refractivity contribution in [2.75, 3.05) is 13.1 Å². The normalized spacial score (nSPS) is 23.7. The molecule has 134 valence electrons. The molecule has 1 aliphatic heterocycles. The Bertz CT molecular complexity index is 719. The van der Waals surface area contributed by atoms with Gasteiger partial charge in [0.15, 0.2) is 5.78 Å². The Kier molecular flexibility index (Phi) is 6.42. The number of hydrogen-bond acceptors (Lipinski definition) is 3. The maximum Gasteiger partial charge on any atom is 0.176 e. The number of phenolic OH excluding ortho intramolecular Hbond substituents is 1. The van der Waals surface area contributed by atoms with Gasteiger partial charge in [-0.15, -0.1) is 17.0 Å². The average Bonchev–Trinajstić information content (AvgIpc) is 2.60. The highest BCUT2D eigenvalue weighted by Crippen LogP contribution is 2.39. The van der Waals surface area contributed by atoms with Gasteiger partial charge in [-0.1, -0.05) is 49.4 Å². The predicted molar refractivity (Wildman–Crippen MR) is 107 cm³/mol. The van der Waals surface area contributed by atoms with Crippen molar-refractivity contribution in [3.63, 3.8) is 0 Å². The molecule has 4 heteroatoms. The summed E-state index contributed by atoms with van der Waals surface area (Å²) in [6.45, 7) is 5.82. The van der Waals surface area contributed by atoms with E-state index in [1.165, 1.54) is 0 Å². The number of nitrogens with zero attached hydrogens (tertiary/aromatic N) is 1. The summed E-state index contributed by atoms with van der Waals surface area (Å²) in [4.78, 5) is 14.9. The van der Waals surface area contributed by atoms with Gasteiger partial charge < -0.3 is 5.11 Å². The van der Waals surface area contributed by atoms with Crippen molar-refractivity contribution in [1.82, 2.24) is 4.90 Å². The third-order valence-corrected chi connectivity index (χ3v) is 5.56. The molecule has 0 bridgehead atoms. The molecular formula is C21H26BrNO2. The number of Topliss-reactive ketones (excluding diaryl/α,β-unsaturated/α-hetero) is 1. The zero-order valence-corrected chi connectivity index (χ0v) is 16.5. The molecule has 2 unspecified atom stereocenters. The molecule has 3 nitrogen and oxygen atoms in total. The van der Waals surface area contributed by atoms with Crippen molar-refractivity contribution in [1.29, 1.82) is 0 Å². The van der Waals surface area contributed by atoms with E-state index in [2.05, 4.69) is 24.8 Å². The van der Waals surface area contributed by atoms with E-state index in [0.29, 0.717) is 12.3 Å². The fraction of sp³-hybridized carbons (Fsp3) is 0.381. The number of ketones is 1. The molecule has 1 heterocycles. The van der Waals surface area contributed by atoms with Gasteiger partial charge in [0.05, 0.1) is 6.54 Å². The molecule has 0 spiro atoms. The molecule has 1 saturated heterocycles. The van der Waals surface area contributed by atoms with Crippen molar-refractivity contribution in [3.8, 4) is 5.75 Å². The smallest absolute Gasteiger partial charge is 0.176 e. The summed E-state index contributed by atoms with van der Waals surface area (Å²) in [5.41, 5.74) is 1.86. The molecule has 2 aromatic rings. The summed E-state index contributed by atoms with van der Waals surface area (Å²) in [5.74, 6) is 0.473. The van der Waals surface area contributed by atoms with Crippen LogP contribution in [0.1, 0.15) is 42.6 Å². The zero-order chi connectivity index (χ0) is 17.2. The molecule has 0 aliphatic carbocycles. The second-order valence-electron chi connectivity index (χ2n) is 7.01. The third kappa shape index (κ3) is 4.13. The van der Waals surface area contributed by atoms with Gasteiger partial charge in [-0.3, -0.25) is 9.69 Å². The Hall–Kier alpha value is -1.65. The second-order valence-corrected chi connectivity index (χ2v) is 7.01. The standard InChI is InChI=1S/C21H25NO2.BrH/c1-16-21(2,18-10-6-11-19(23)14-18)12-7-13-22(16)15-20(24)17-8-4-3-5-9-17;/h3-6,8-11,14,16,23H,7,12-13,15H2,1-2H3;1H. The lowest BCUT2D eigenvalue weighted by atomic mass is 9.70. The number of aromatic hydroxyl groups is 1. The van der Waals surface area contributed by atoms with Crippen LogP contribution in [0.5, 0.6) is 5.75 Å². The van der Waals surface area contributed by atoms with Gasteiger partial charge in [-0.2, -0.15) is 0 Å². The van der Waals surface area contributed by atoms with Gasteiger partial charge in [-0.25, -0.2) is 0 Å². The first-order valence-corrected chi connectivity index (χ1v) is 8.62. The van der Waals surface area contributed by atoms with Crippen LogP contribution in [0.2, 0.25) is 0 Å². The van der Waals surface area contributed by atoms with E-state index in [9.17, 15) is 9.90 Å². The lowest BCUT2D eigenvalue weighted by Gasteiger charge is -2.47. The number of likely N-dealkylation sites (tertiary alicyclic amines) is 1. The number of benzene rings is 2. The monoisotopic (exact) mass is 403 g/mol. The highest BCUT2D eigenvalue weighted by Gasteiger charge is 2.40. The van der Waals surface area contributed by atoms with Crippen LogP contribution >= 0.6 is 17.0 Å². The molecule has 1 fully saturated rings. The van der Waals surface area contributed by atoms with E-state index < -0.39 is 0 Å². The van der Waals surface area contributed by atoms with E-state index in [1.807, 2.05) is 42.5 Å². The number of carbonyl (C=O) groups is 1. The number of rotatable bonds is 4. The van der Waals surface area contributed by atoms with Crippen molar-refractivity contribution >= 4 is 22.8 Å². The first-order valence-electron chi connectivity index (χ1n) is 8.62. The fourth-order valence-corrected chi connectivity index (χ4v) is 3.82. The Morgan fingerprint density at radius 2 is 1.92 bits per heavy atom. The Morgan fingerprint density at radius 1 is 1.20 bits per heavy atom. The van der Waals surface area contributed by atoms with Crippen LogP contribution in [0.15, 0.2) is 54.6 Å². The Labute approximate surface area is 160 Å². The molecule has 0 saturated carbocycles. The van der Waals surface area contributed by atoms with Gasteiger partial charge >= 0.3 is 0 Å². The van der Waals surface area contributed by atoms with E-state index in [1.54, 1.807) is 6.07 Å². The van der Waals surface area contributed by atoms with Crippen LogP contribution in [0, 0.1) is 0 Å². The van der Waals surface area contributed by atoms with Crippen LogP contribution < -0.4 is 0 Å². The number of piperidine rings is 1. The van der Waals surface area contributed by atoms with Gasteiger partial charge in [0, 0.05) is 17.0 Å². The molecule has 1 N–H and O–H groups in total. The number of phenols is 1. The summed E-state index contributed by atoms with van der Waals surface area (Å²) in [6, 6.07) is 17.3. The summed E-state index contributed by atoms with van der Waals surface area (Å²) < 4.78 is 0. The van der Waals surface area contributed by atoms with Gasteiger partial charge in [0.25, 0.3) is 0 Å². The average molecular weight is 404 g/mol. The molecular weight excluding hydrogens is 378 g/mol. The Morgan fingerprint density at radius 3 is 2.60 bits per heavy atom. The van der Waals surface area contributed by atoms with Crippen molar-refractivity contribution in [2.45, 2.75) is 38.1 Å². The summed E-state index contributed by atoms with van der Waals surface area (Å²) >= 11 is 0. The van der Waals surface area contributed by atoms with Crippen molar-refractivity contribution in [3.05, 3.63) is 65.7 Å². The van der Waals surface area contributed by atoms with E-state index in [4.69, 9.17) is 0 Å². The fourth-order valence-electron chi connectivity index (χ4n) is 3.82. The quantitative estimate of drug-likeness (QED) is 0.758. The van der Waals surface area contributed by atoms with Gasteiger partial charge in [-0.05, 0) is 44.0 Å². The minimum absolute atomic E-state index is 0. The number of halogens is 1. The summed E-state index contributed by atoms with van der Waals surface area (Å²) in [5, 5.41) is 9.84. The molecule has 0 amide bonds. The van der Waals surface area contributed by atoms with Crippen LogP contribution in [-0.2, 0) is 5.41 Å². The maximum atomic E-state index is 12.6. The van der Waals surface area contributed by atoms with Gasteiger partial charge in [0.2, 0.25) is 0 Å². The predicted octanol–water partition coefficient (Wildman–Crippen LogP) is 4.60. The first kappa shape index (κ1) is 19.7. The van der Waals surface area contributed by atoms with Crippen molar-refractivity contribution < 1.29 is 9.90 Å².